The number of guanidine groups is 1. The van der Waals surface area contributed by atoms with Gasteiger partial charge in [0.15, 0.2) is 5.96 Å². The molecule has 23 heavy (non-hydrogen) atoms. The second kappa shape index (κ2) is 5.73. The van der Waals surface area contributed by atoms with Crippen LogP contribution < -0.4 is 16.6 Å². The molecule has 1 amide bonds. The maximum absolute atomic E-state index is 13.5. The fourth-order valence-electron chi connectivity index (χ4n) is 1.48. The fourth-order valence-corrected chi connectivity index (χ4v) is 2.02. The van der Waals surface area contributed by atoms with Crippen molar-refractivity contribution in [3.8, 4) is 0 Å². The second-order valence-corrected chi connectivity index (χ2v) is 5.73. The number of alkyl halides is 5. The van der Waals surface area contributed by atoms with Crippen LogP contribution in [0.4, 0.5) is 22.0 Å². The van der Waals surface area contributed by atoms with Gasteiger partial charge in [0, 0.05) is 5.56 Å². The van der Waals surface area contributed by atoms with Gasteiger partial charge in [0.05, 0.1) is 10.5 Å². The molecule has 0 unspecified atom stereocenters. The number of nitrogens with zero attached hydrogens (tertiary/aromatic N) is 1. The Morgan fingerprint density at radius 2 is 1.61 bits per heavy atom. The highest BCUT2D eigenvalue weighted by Gasteiger charge is 2.60. The summed E-state index contributed by atoms with van der Waals surface area (Å²) >= 11 is 0. The van der Waals surface area contributed by atoms with Crippen molar-refractivity contribution in [2.75, 3.05) is 0 Å². The number of sulfonamides is 1. The first-order chi connectivity index (χ1) is 10.2. The van der Waals surface area contributed by atoms with Gasteiger partial charge in [0.2, 0.25) is 10.0 Å². The van der Waals surface area contributed by atoms with Crippen molar-refractivity contribution in [2.24, 2.45) is 21.6 Å². The molecule has 7 nitrogen and oxygen atoms in total. The number of carbonyl (C=O) groups excluding carboxylic acids is 1. The third-order valence-corrected chi connectivity index (χ3v) is 3.39. The molecule has 0 radical (unpaired) electrons. The lowest BCUT2D eigenvalue weighted by Crippen LogP contribution is -2.35. The van der Waals surface area contributed by atoms with E-state index in [4.69, 9.17) is 16.6 Å². The molecule has 0 spiro atoms. The van der Waals surface area contributed by atoms with E-state index in [-0.39, 0.29) is 12.1 Å². The lowest BCUT2D eigenvalue weighted by molar-refractivity contribution is -0.289. The number of amides is 1. The summed E-state index contributed by atoms with van der Waals surface area (Å²) in [5.41, 5.74) is 6.54. The van der Waals surface area contributed by atoms with Crippen LogP contribution in [0.3, 0.4) is 0 Å². The molecule has 1 aromatic carbocycles. The molecule has 0 fully saturated rings. The minimum Gasteiger partial charge on any atom is -0.370 e. The predicted molar refractivity (Wildman–Crippen MR) is 67.9 cm³/mol. The standard InChI is InChI=1S/C10H9F5N4O3S/c11-9(12,10(13,14)15)6-2-1-4(23(18,21)22)3-5(6)7(20)19-8(16)17/h1-3H,(H2,18,21,22)(H4,16,17,19,20). The van der Waals surface area contributed by atoms with Crippen LogP contribution in [0, 0.1) is 0 Å². The maximum atomic E-state index is 13.5. The topological polar surface area (TPSA) is 142 Å². The van der Waals surface area contributed by atoms with Crippen molar-refractivity contribution in [3.05, 3.63) is 29.3 Å². The molecule has 13 heteroatoms. The maximum Gasteiger partial charge on any atom is 0.458 e. The van der Waals surface area contributed by atoms with Crippen molar-refractivity contribution in [2.45, 2.75) is 17.0 Å². The van der Waals surface area contributed by atoms with Gasteiger partial charge in [-0.05, 0) is 12.1 Å². The predicted octanol–water partition coefficient (Wildman–Crippen LogP) is 0.402. The summed E-state index contributed by atoms with van der Waals surface area (Å²) in [7, 11) is -4.47. The number of nitrogens with two attached hydrogens (primary N) is 3. The van der Waals surface area contributed by atoms with Crippen LogP contribution in [-0.2, 0) is 15.9 Å². The zero-order valence-corrected chi connectivity index (χ0v) is 11.8. The van der Waals surface area contributed by atoms with Gasteiger partial charge in [0.25, 0.3) is 5.91 Å². The van der Waals surface area contributed by atoms with E-state index in [1.54, 1.807) is 0 Å². The molecule has 1 rings (SSSR count). The lowest BCUT2D eigenvalue weighted by atomic mass is 10.0. The van der Waals surface area contributed by atoms with Gasteiger partial charge < -0.3 is 11.5 Å². The summed E-state index contributed by atoms with van der Waals surface area (Å²) in [6.07, 6.45) is -6.04. The molecule has 6 N–H and O–H groups in total. The van der Waals surface area contributed by atoms with Crippen molar-refractivity contribution in [1.82, 2.24) is 0 Å². The number of halogens is 5. The van der Waals surface area contributed by atoms with Crippen molar-refractivity contribution >= 4 is 21.9 Å². The molecule has 0 saturated heterocycles. The molecule has 0 saturated carbocycles. The third kappa shape index (κ3) is 3.92. The van der Waals surface area contributed by atoms with Crippen LogP contribution in [0.25, 0.3) is 0 Å². The number of benzene rings is 1. The summed E-state index contributed by atoms with van der Waals surface area (Å²) in [4.78, 5) is 13.6. The number of primary sulfonamides is 1. The van der Waals surface area contributed by atoms with Gasteiger partial charge in [-0.25, -0.2) is 13.6 Å². The van der Waals surface area contributed by atoms with Gasteiger partial charge in [0.1, 0.15) is 0 Å². The van der Waals surface area contributed by atoms with E-state index in [2.05, 4.69) is 4.99 Å². The highest BCUT2D eigenvalue weighted by Crippen LogP contribution is 2.45. The number of carbonyl (C=O) groups is 1. The smallest absolute Gasteiger partial charge is 0.370 e. The molecule has 0 bridgehead atoms. The van der Waals surface area contributed by atoms with Gasteiger partial charge in [-0.3, -0.25) is 4.79 Å². The number of hydrogen-bond acceptors (Lipinski definition) is 3. The highest BCUT2D eigenvalue weighted by atomic mass is 32.2. The highest BCUT2D eigenvalue weighted by molar-refractivity contribution is 7.89. The number of aliphatic imine (C=N–C) groups is 1. The van der Waals surface area contributed by atoms with E-state index < -0.39 is 50.0 Å². The Hall–Kier alpha value is -2.28. The zero-order valence-electron chi connectivity index (χ0n) is 10.9. The van der Waals surface area contributed by atoms with Crippen LogP contribution in [-0.4, -0.2) is 26.5 Å². The average Bonchev–Trinajstić information content (AvgIpc) is 2.34. The fraction of sp³-hybridized carbons (Fsp3) is 0.200. The Morgan fingerprint density at radius 1 is 1.09 bits per heavy atom. The first kappa shape index (κ1) is 18.8. The molecule has 0 atom stereocenters. The number of hydrogen-bond donors (Lipinski definition) is 3. The molecule has 1 aromatic rings. The summed E-state index contributed by atoms with van der Waals surface area (Å²) in [6.45, 7) is 0. The van der Waals surface area contributed by atoms with Crippen molar-refractivity contribution in [3.63, 3.8) is 0 Å². The van der Waals surface area contributed by atoms with Crippen LogP contribution >= 0.6 is 0 Å². The Labute approximate surface area is 126 Å². The van der Waals surface area contributed by atoms with E-state index in [0.717, 1.165) is 0 Å². The lowest BCUT2D eigenvalue weighted by Gasteiger charge is -2.22. The summed E-state index contributed by atoms with van der Waals surface area (Å²) < 4.78 is 86.7. The SMILES string of the molecule is NC(N)=NC(=O)c1cc(S(N)(=O)=O)ccc1C(F)(F)C(F)(F)F. The van der Waals surface area contributed by atoms with E-state index in [1.807, 2.05) is 0 Å². The van der Waals surface area contributed by atoms with Gasteiger partial charge in [-0.15, -0.1) is 0 Å². The third-order valence-electron chi connectivity index (χ3n) is 2.47. The second-order valence-electron chi connectivity index (χ2n) is 4.17. The molecule has 0 aliphatic carbocycles. The normalized spacial score (nSPS) is 12.8. The number of rotatable bonds is 3. The van der Waals surface area contributed by atoms with Crippen molar-refractivity contribution in [1.29, 1.82) is 0 Å². The zero-order chi connectivity index (χ0) is 18.2. The first-order valence-electron chi connectivity index (χ1n) is 5.43. The first-order valence-corrected chi connectivity index (χ1v) is 6.98. The quantitative estimate of drug-likeness (QED) is 0.406. The molecule has 128 valence electrons. The van der Waals surface area contributed by atoms with Crippen LogP contribution in [0.1, 0.15) is 15.9 Å². The van der Waals surface area contributed by atoms with Crippen molar-refractivity contribution < 1.29 is 35.2 Å². The minimum absolute atomic E-state index is 0.114. The molecule has 0 aromatic heterocycles. The Morgan fingerprint density at radius 3 is 2.00 bits per heavy atom. The molecular weight excluding hydrogens is 351 g/mol. The largest absolute Gasteiger partial charge is 0.458 e. The van der Waals surface area contributed by atoms with Crippen LogP contribution in [0.2, 0.25) is 0 Å². The Bertz CT molecular complexity index is 769. The van der Waals surface area contributed by atoms with E-state index >= 15 is 0 Å². The van der Waals surface area contributed by atoms with Gasteiger partial charge in [-0.1, -0.05) is 6.07 Å². The van der Waals surface area contributed by atoms with Gasteiger partial charge >= 0.3 is 12.1 Å². The Balaban J connectivity index is 3.72. The van der Waals surface area contributed by atoms with Gasteiger partial charge in [-0.2, -0.15) is 26.9 Å². The minimum atomic E-state index is -6.04. The molecule has 0 aliphatic heterocycles. The summed E-state index contributed by atoms with van der Waals surface area (Å²) in [5.74, 6) is -8.06. The monoisotopic (exact) mass is 360 g/mol. The average molecular weight is 360 g/mol. The molecular formula is C10H9F5N4O3S. The van der Waals surface area contributed by atoms with E-state index in [1.165, 1.54) is 0 Å². The van der Waals surface area contributed by atoms with Crippen LogP contribution in [0.15, 0.2) is 28.1 Å². The van der Waals surface area contributed by atoms with E-state index in [0.29, 0.717) is 6.07 Å². The molecule has 0 heterocycles. The summed E-state index contributed by atoms with van der Waals surface area (Å²) in [6, 6.07) is 0.748. The summed E-state index contributed by atoms with van der Waals surface area (Å²) in [5, 5.41) is 4.74. The molecule has 0 aliphatic rings. The van der Waals surface area contributed by atoms with E-state index in [9.17, 15) is 35.2 Å². The van der Waals surface area contributed by atoms with Crippen LogP contribution in [0.5, 0.6) is 0 Å². The Kier molecular flexibility index (Phi) is 4.68.